The molecular weight excluding hydrogens is 254 g/mol. The monoisotopic (exact) mass is 273 g/mol. The van der Waals surface area contributed by atoms with Crippen LogP contribution in [0.2, 0.25) is 5.02 Å². The lowest BCUT2D eigenvalue weighted by molar-refractivity contribution is 0.248. The number of halogens is 1. The molecule has 1 heterocycles. The van der Waals surface area contributed by atoms with E-state index in [9.17, 15) is 0 Å². The fourth-order valence-electron chi connectivity index (χ4n) is 1.54. The topological polar surface area (TPSA) is 67.3 Å². The number of methoxy groups -OCH3 is 1. The van der Waals surface area contributed by atoms with Crippen molar-refractivity contribution in [1.82, 2.24) is 9.97 Å². The van der Waals surface area contributed by atoms with Crippen molar-refractivity contribution in [1.29, 1.82) is 0 Å². The van der Waals surface area contributed by atoms with Crippen molar-refractivity contribution < 1.29 is 9.84 Å². The first kappa shape index (κ1) is 15.0. The SMILES string of the molecule is COc1ncc(Cl)c(NCC(C)(C)CCCO)n1. The molecule has 0 aliphatic rings. The zero-order valence-electron chi connectivity index (χ0n) is 11.0. The van der Waals surface area contributed by atoms with Gasteiger partial charge in [0.15, 0.2) is 5.82 Å². The number of aromatic nitrogens is 2. The molecule has 1 aromatic heterocycles. The van der Waals surface area contributed by atoms with Crippen LogP contribution in [0.5, 0.6) is 6.01 Å². The van der Waals surface area contributed by atoms with Crippen LogP contribution in [0.25, 0.3) is 0 Å². The lowest BCUT2D eigenvalue weighted by atomic mass is 9.88. The molecule has 1 aromatic rings. The Morgan fingerprint density at radius 2 is 2.22 bits per heavy atom. The number of aliphatic hydroxyl groups is 1. The molecule has 0 saturated carbocycles. The smallest absolute Gasteiger partial charge is 0.318 e. The molecule has 0 bridgehead atoms. The summed E-state index contributed by atoms with van der Waals surface area (Å²) in [6.45, 7) is 5.18. The Bertz CT molecular complexity index is 386. The molecule has 0 unspecified atom stereocenters. The maximum Gasteiger partial charge on any atom is 0.318 e. The van der Waals surface area contributed by atoms with Crippen LogP contribution in [0.4, 0.5) is 5.82 Å². The van der Waals surface area contributed by atoms with Gasteiger partial charge in [-0.3, -0.25) is 0 Å². The van der Waals surface area contributed by atoms with Crippen molar-refractivity contribution in [2.24, 2.45) is 5.41 Å². The number of hydrogen-bond acceptors (Lipinski definition) is 5. The van der Waals surface area contributed by atoms with Crippen LogP contribution in [0.1, 0.15) is 26.7 Å². The van der Waals surface area contributed by atoms with Crippen LogP contribution in [0.3, 0.4) is 0 Å². The third kappa shape index (κ3) is 4.66. The van der Waals surface area contributed by atoms with Gasteiger partial charge in [-0.2, -0.15) is 4.98 Å². The number of anilines is 1. The summed E-state index contributed by atoms with van der Waals surface area (Å²) in [5.74, 6) is 0.570. The molecule has 102 valence electrons. The Hall–Kier alpha value is -1.07. The number of ether oxygens (including phenoxy) is 1. The van der Waals surface area contributed by atoms with Gasteiger partial charge in [0.05, 0.1) is 13.3 Å². The third-order valence-corrected chi connectivity index (χ3v) is 2.93. The molecule has 0 aliphatic heterocycles. The van der Waals surface area contributed by atoms with Gasteiger partial charge < -0.3 is 15.2 Å². The molecule has 6 heteroatoms. The molecule has 0 aromatic carbocycles. The highest BCUT2D eigenvalue weighted by atomic mass is 35.5. The summed E-state index contributed by atoms with van der Waals surface area (Å²) in [6, 6.07) is 0.287. The molecule has 1 rings (SSSR count). The van der Waals surface area contributed by atoms with E-state index in [1.165, 1.54) is 13.3 Å². The molecule has 5 nitrogen and oxygen atoms in total. The molecular formula is C12H20ClN3O2. The number of aliphatic hydroxyl groups excluding tert-OH is 1. The first-order valence-corrected chi connectivity index (χ1v) is 6.27. The van der Waals surface area contributed by atoms with Crippen molar-refractivity contribution >= 4 is 17.4 Å². The van der Waals surface area contributed by atoms with Gasteiger partial charge >= 0.3 is 6.01 Å². The van der Waals surface area contributed by atoms with E-state index < -0.39 is 0 Å². The Kier molecular flexibility index (Phi) is 5.62. The van der Waals surface area contributed by atoms with E-state index in [0.29, 0.717) is 17.4 Å². The maximum atomic E-state index is 8.85. The standard InChI is InChI=1S/C12H20ClN3O2/c1-12(2,5-4-6-17)8-15-10-9(13)7-14-11(16-10)18-3/h7,17H,4-6,8H2,1-3H3,(H,14,15,16). The zero-order chi connectivity index (χ0) is 13.6. The van der Waals surface area contributed by atoms with Gasteiger partial charge in [-0.1, -0.05) is 25.4 Å². The second kappa shape index (κ2) is 6.75. The molecule has 0 spiro atoms. The average molecular weight is 274 g/mol. The van der Waals surface area contributed by atoms with E-state index >= 15 is 0 Å². The summed E-state index contributed by atoms with van der Waals surface area (Å²) in [6.07, 6.45) is 3.22. The highest BCUT2D eigenvalue weighted by Gasteiger charge is 2.18. The van der Waals surface area contributed by atoms with Crippen molar-refractivity contribution in [2.75, 3.05) is 25.6 Å². The minimum Gasteiger partial charge on any atom is -0.467 e. The van der Waals surface area contributed by atoms with Gasteiger partial charge in [-0.25, -0.2) is 4.98 Å². The molecule has 0 fully saturated rings. The third-order valence-electron chi connectivity index (χ3n) is 2.65. The van der Waals surface area contributed by atoms with E-state index in [1.54, 1.807) is 0 Å². The van der Waals surface area contributed by atoms with Crippen molar-refractivity contribution in [3.63, 3.8) is 0 Å². The largest absolute Gasteiger partial charge is 0.467 e. The summed E-state index contributed by atoms with van der Waals surface area (Å²) in [5, 5.41) is 12.5. The van der Waals surface area contributed by atoms with Crippen LogP contribution >= 0.6 is 11.6 Å². The summed E-state index contributed by atoms with van der Waals surface area (Å²) in [7, 11) is 1.51. The summed E-state index contributed by atoms with van der Waals surface area (Å²) >= 11 is 6.00. The highest BCUT2D eigenvalue weighted by Crippen LogP contribution is 2.25. The van der Waals surface area contributed by atoms with Crippen LogP contribution < -0.4 is 10.1 Å². The van der Waals surface area contributed by atoms with Crippen LogP contribution in [0, 0.1) is 5.41 Å². The van der Waals surface area contributed by atoms with Gasteiger partial charge in [0.25, 0.3) is 0 Å². The van der Waals surface area contributed by atoms with E-state index in [-0.39, 0.29) is 18.0 Å². The Morgan fingerprint density at radius 3 is 2.83 bits per heavy atom. The maximum absolute atomic E-state index is 8.85. The van der Waals surface area contributed by atoms with E-state index in [0.717, 1.165) is 12.8 Å². The molecule has 0 amide bonds. The molecule has 0 aliphatic carbocycles. The fraction of sp³-hybridized carbons (Fsp3) is 0.667. The molecule has 2 N–H and O–H groups in total. The lowest BCUT2D eigenvalue weighted by Crippen LogP contribution is -2.24. The first-order chi connectivity index (χ1) is 8.48. The van der Waals surface area contributed by atoms with Crippen molar-refractivity contribution in [3.05, 3.63) is 11.2 Å². The number of nitrogens with one attached hydrogen (secondary N) is 1. The zero-order valence-corrected chi connectivity index (χ0v) is 11.8. The fourth-order valence-corrected chi connectivity index (χ4v) is 1.70. The number of rotatable bonds is 7. The van der Waals surface area contributed by atoms with E-state index in [2.05, 4.69) is 29.1 Å². The molecule has 0 saturated heterocycles. The van der Waals surface area contributed by atoms with E-state index in [1.807, 2.05) is 0 Å². The average Bonchev–Trinajstić information content (AvgIpc) is 2.35. The van der Waals surface area contributed by atoms with E-state index in [4.69, 9.17) is 21.4 Å². The van der Waals surface area contributed by atoms with Gasteiger partial charge in [0.1, 0.15) is 5.02 Å². The summed E-state index contributed by atoms with van der Waals surface area (Å²) < 4.78 is 4.95. The predicted molar refractivity (Wildman–Crippen MR) is 72.2 cm³/mol. The number of hydrogen-bond donors (Lipinski definition) is 2. The van der Waals surface area contributed by atoms with Crippen LogP contribution in [-0.2, 0) is 0 Å². The minimum absolute atomic E-state index is 0.0598. The first-order valence-electron chi connectivity index (χ1n) is 5.90. The van der Waals surface area contributed by atoms with Gasteiger partial charge in [-0.15, -0.1) is 0 Å². The molecule has 0 atom stereocenters. The second-order valence-corrected chi connectivity index (χ2v) is 5.31. The minimum atomic E-state index is 0.0598. The van der Waals surface area contributed by atoms with Gasteiger partial charge in [-0.05, 0) is 18.3 Å². The Labute approximate surface area is 113 Å². The summed E-state index contributed by atoms with van der Waals surface area (Å²) in [4.78, 5) is 8.06. The van der Waals surface area contributed by atoms with Gasteiger partial charge in [0.2, 0.25) is 0 Å². The lowest BCUT2D eigenvalue weighted by Gasteiger charge is -2.25. The quantitative estimate of drug-likeness (QED) is 0.798. The highest BCUT2D eigenvalue weighted by molar-refractivity contribution is 6.32. The van der Waals surface area contributed by atoms with Crippen LogP contribution in [0.15, 0.2) is 6.20 Å². The Morgan fingerprint density at radius 1 is 1.50 bits per heavy atom. The van der Waals surface area contributed by atoms with Gasteiger partial charge in [0, 0.05) is 13.2 Å². The summed E-state index contributed by atoms with van der Waals surface area (Å²) in [5.41, 5.74) is 0.0598. The second-order valence-electron chi connectivity index (χ2n) is 4.90. The molecule has 18 heavy (non-hydrogen) atoms. The number of nitrogens with zero attached hydrogens (tertiary/aromatic N) is 2. The Balaban J connectivity index is 2.62. The predicted octanol–water partition coefficient (Wildman–Crippen LogP) is 2.35. The van der Waals surface area contributed by atoms with Crippen molar-refractivity contribution in [3.8, 4) is 6.01 Å². The van der Waals surface area contributed by atoms with Crippen LogP contribution in [-0.4, -0.2) is 35.3 Å². The van der Waals surface area contributed by atoms with Crippen molar-refractivity contribution in [2.45, 2.75) is 26.7 Å². The molecule has 0 radical (unpaired) electrons. The normalized spacial score (nSPS) is 11.4.